The maximum absolute atomic E-state index is 12.2. The van der Waals surface area contributed by atoms with Crippen molar-refractivity contribution in [3.63, 3.8) is 0 Å². The average molecular weight is 329 g/mol. The Morgan fingerprint density at radius 3 is 2.48 bits per heavy atom. The van der Waals surface area contributed by atoms with Gasteiger partial charge in [-0.25, -0.2) is 0 Å². The molecule has 0 atom stereocenters. The van der Waals surface area contributed by atoms with Gasteiger partial charge in [0, 0.05) is 18.1 Å². The van der Waals surface area contributed by atoms with Gasteiger partial charge >= 0.3 is 6.18 Å². The van der Waals surface area contributed by atoms with Crippen LogP contribution in [-0.2, 0) is 9.59 Å². The van der Waals surface area contributed by atoms with Crippen LogP contribution in [0.15, 0.2) is 30.3 Å². The van der Waals surface area contributed by atoms with Gasteiger partial charge in [-0.1, -0.05) is 31.9 Å². The molecule has 23 heavy (non-hydrogen) atoms. The number of carbonyl (C=O) groups is 2. The molecule has 1 amide bonds. The SMILES string of the molecule is CCCCCC(=O)Nc1ccccc1/C(O)=C/C(=O)C(F)(F)F. The number of benzene rings is 1. The zero-order chi connectivity index (χ0) is 17.5. The first kappa shape index (κ1) is 18.7. The molecule has 0 aliphatic heterocycles. The second-order valence-electron chi connectivity index (χ2n) is 4.94. The fourth-order valence-corrected chi connectivity index (χ4v) is 1.85. The van der Waals surface area contributed by atoms with Crippen molar-refractivity contribution >= 4 is 23.1 Å². The van der Waals surface area contributed by atoms with Crippen LogP contribution in [0.4, 0.5) is 18.9 Å². The zero-order valence-electron chi connectivity index (χ0n) is 12.6. The summed E-state index contributed by atoms with van der Waals surface area (Å²) in [4.78, 5) is 22.7. The molecule has 1 aromatic rings. The Balaban J connectivity index is 2.91. The molecule has 0 aliphatic carbocycles. The number of carbonyl (C=O) groups excluding carboxylic acids is 2. The van der Waals surface area contributed by atoms with E-state index in [-0.39, 0.29) is 29.7 Å². The minimum atomic E-state index is -5.06. The number of rotatable bonds is 7. The van der Waals surface area contributed by atoms with Crippen LogP contribution in [0.5, 0.6) is 0 Å². The van der Waals surface area contributed by atoms with Crippen LogP contribution in [-0.4, -0.2) is 23.0 Å². The number of unbranched alkanes of at least 4 members (excludes halogenated alkanes) is 2. The van der Waals surface area contributed by atoms with Crippen molar-refractivity contribution in [2.75, 3.05) is 5.32 Å². The average Bonchev–Trinajstić information content (AvgIpc) is 2.47. The molecule has 2 N–H and O–H groups in total. The summed E-state index contributed by atoms with van der Waals surface area (Å²) in [5.74, 6) is -3.32. The molecule has 126 valence electrons. The Labute approximate surface area is 132 Å². The van der Waals surface area contributed by atoms with Crippen LogP contribution in [0.1, 0.15) is 38.2 Å². The lowest BCUT2D eigenvalue weighted by Gasteiger charge is -2.11. The van der Waals surface area contributed by atoms with E-state index in [0.717, 1.165) is 12.8 Å². The van der Waals surface area contributed by atoms with E-state index in [9.17, 15) is 27.9 Å². The lowest BCUT2D eigenvalue weighted by Crippen LogP contribution is -2.20. The molecule has 4 nitrogen and oxygen atoms in total. The largest absolute Gasteiger partial charge is 0.507 e. The van der Waals surface area contributed by atoms with Crippen LogP contribution in [0, 0.1) is 0 Å². The number of para-hydroxylation sites is 1. The highest BCUT2D eigenvalue weighted by atomic mass is 19.4. The van der Waals surface area contributed by atoms with Crippen LogP contribution >= 0.6 is 0 Å². The molecule has 0 spiro atoms. The third-order valence-corrected chi connectivity index (χ3v) is 3.03. The lowest BCUT2D eigenvalue weighted by molar-refractivity contribution is -0.165. The van der Waals surface area contributed by atoms with Gasteiger partial charge < -0.3 is 10.4 Å². The van der Waals surface area contributed by atoms with Gasteiger partial charge in [-0.2, -0.15) is 13.2 Å². The number of allylic oxidation sites excluding steroid dienone is 1. The number of halogens is 3. The highest BCUT2D eigenvalue weighted by Crippen LogP contribution is 2.25. The van der Waals surface area contributed by atoms with Crippen molar-refractivity contribution < 1.29 is 27.9 Å². The van der Waals surface area contributed by atoms with E-state index < -0.39 is 17.7 Å². The van der Waals surface area contributed by atoms with Crippen LogP contribution < -0.4 is 5.32 Å². The second kappa shape index (κ2) is 8.36. The van der Waals surface area contributed by atoms with Crippen molar-refractivity contribution in [3.05, 3.63) is 35.9 Å². The molecule has 0 heterocycles. The van der Waals surface area contributed by atoms with Gasteiger partial charge in [-0.05, 0) is 18.6 Å². The predicted octanol–water partition coefficient (Wildman–Crippen LogP) is 4.24. The summed E-state index contributed by atoms with van der Waals surface area (Å²) in [5, 5.41) is 12.3. The number of aliphatic hydroxyl groups is 1. The predicted molar refractivity (Wildman–Crippen MR) is 80.9 cm³/mol. The third-order valence-electron chi connectivity index (χ3n) is 3.03. The number of hydrogen-bond acceptors (Lipinski definition) is 3. The van der Waals surface area contributed by atoms with Gasteiger partial charge in [-0.15, -0.1) is 0 Å². The maximum atomic E-state index is 12.2. The van der Waals surface area contributed by atoms with Gasteiger partial charge in [-0.3, -0.25) is 9.59 Å². The molecule has 0 bridgehead atoms. The van der Waals surface area contributed by atoms with Crippen LogP contribution in [0.25, 0.3) is 5.76 Å². The Hall–Kier alpha value is -2.31. The van der Waals surface area contributed by atoms with E-state index in [4.69, 9.17) is 0 Å². The van der Waals surface area contributed by atoms with E-state index in [1.807, 2.05) is 6.92 Å². The molecule has 0 aromatic heterocycles. The third kappa shape index (κ3) is 6.14. The number of ketones is 1. The normalized spacial score (nSPS) is 12.1. The summed E-state index contributed by atoms with van der Waals surface area (Å²) in [5.41, 5.74) is 0.103. The molecule has 0 aliphatic rings. The first-order chi connectivity index (χ1) is 10.8. The summed E-state index contributed by atoms with van der Waals surface area (Å²) in [7, 11) is 0. The Morgan fingerprint density at radius 2 is 1.87 bits per heavy atom. The molecule has 0 unspecified atom stereocenters. The fourth-order valence-electron chi connectivity index (χ4n) is 1.85. The zero-order valence-corrected chi connectivity index (χ0v) is 12.6. The standard InChI is InChI=1S/C16H18F3NO3/c1-2-3-4-9-15(23)20-12-8-6-5-7-11(12)13(21)10-14(22)16(17,18)19/h5-8,10,21H,2-4,9H2,1H3,(H,20,23)/b13-10-. The Kier molecular flexibility index (Phi) is 6.81. The van der Waals surface area contributed by atoms with Crippen molar-refractivity contribution in [3.8, 4) is 0 Å². The minimum absolute atomic E-state index is 0.0473. The molecular formula is C16H18F3NO3. The summed E-state index contributed by atoms with van der Waals surface area (Å²) < 4.78 is 36.7. The molecule has 0 fully saturated rings. The maximum Gasteiger partial charge on any atom is 0.454 e. The smallest absolute Gasteiger partial charge is 0.454 e. The van der Waals surface area contributed by atoms with Crippen LogP contribution in [0.3, 0.4) is 0 Å². The monoisotopic (exact) mass is 329 g/mol. The van der Waals surface area contributed by atoms with E-state index in [2.05, 4.69) is 5.32 Å². The van der Waals surface area contributed by atoms with Gasteiger partial charge in [0.15, 0.2) is 0 Å². The lowest BCUT2D eigenvalue weighted by atomic mass is 10.1. The second-order valence-corrected chi connectivity index (χ2v) is 4.94. The molecule has 0 radical (unpaired) electrons. The minimum Gasteiger partial charge on any atom is -0.507 e. The van der Waals surface area contributed by atoms with Gasteiger partial charge in [0.25, 0.3) is 5.78 Å². The van der Waals surface area contributed by atoms with E-state index >= 15 is 0 Å². The quantitative estimate of drug-likeness (QED) is 0.447. The molecule has 1 rings (SSSR count). The van der Waals surface area contributed by atoms with Gasteiger partial charge in [0.05, 0.1) is 5.69 Å². The number of amides is 1. The highest BCUT2D eigenvalue weighted by molar-refractivity contribution is 6.01. The van der Waals surface area contributed by atoms with E-state index in [1.165, 1.54) is 18.2 Å². The molecule has 1 aromatic carbocycles. The number of alkyl halides is 3. The van der Waals surface area contributed by atoms with E-state index in [1.54, 1.807) is 6.07 Å². The van der Waals surface area contributed by atoms with E-state index in [0.29, 0.717) is 6.42 Å². The topological polar surface area (TPSA) is 66.4 Å². The fraction of sp³-hybridized carbons (Fsp3) is 0.375. The molecular weight excluding hydrogens is 311 g/mol. The van der Waals surface area contributed by atoms with Crippen molar-refractivity contribution in [2.24, 2.45) is 0 Å². The summed E-state index contributed by atoms with van der Waals surface area (Å²) in [6.45, 7) is 1.99. The molecule has 0 saturated heterocycles. The summed E-state index contributed by atoms with van der Waals surface area (Å²) in [6, 6.07) is 5.79. The first-order valence-electron chi connectivity index (χ1n) is 7.16. The Bertz CT molecular complexity index is 594. The highest BCUT2D eigenvalue weighted by Gasteiger charge is 2.37. The number of anilines is 1. The van der Waals surface area contributed by atoms with Crippen molar-refractivity contribution in [1.82, 2.24) is 0 Å². The summed E-state index contributed by atoms with van der Waals surface area (Å²) >= 11 is 0. The first-order valence-corrected chi connectivity index (χ1v) is 7.16. The van der Waals surface area contributed by atoms with Gasteiger partial charge in [0.2, 0.25) is 5.91 Å². The number of hydrogen-bond donors (Lipinski definition) is 2. The van der Waals surface area contributed by atoms with Crippen molar-refractivity contribution in [2.45, 2.75) is 38.8 Å². The van der Waals surface area contributed by atoms with Gasteiger partial charge in [0.1, 0.15) is 5.76 Å². The van der Waals surface area contributed by atoms with Crippen molar-refractivity contribution in [1.29, 1.82) is 0 Å². The summed E-state index contributed by atoms with van der Waals surface area (Å²) in [6.07, 6.45) is -2.16. The number of aliphatic hydroxyl groups excluding tert-OH is 1. The molecule has 0 saturated carbocycles. The van der Waals surface area contributed by atoms with Crippen LogP contribution in [0.2, 0.25) is 0 Å². The Morgan fingerprint density at radius 1 is 1.22 bits per heavy atom. The molecule has 7 heteroatoms. The number of nitrogens with one attached hydrogen (secondary N) is 1.